The Bertz CT molecular complexity index is 220. The third kappa shape index (κ3) is 0.753. The monoisotopic (exact) mass is 152 g/mol. The lowest BCUT2D eigenvalue weighted by Gasteiger charge is -2.32. The summed E-state index contributed by atoms with van der Waals surface area (Å²) in [5.74, 6) is 1.13. The molecule has 3 aliphatic carbocycles. The zero-order valence-corrected chi connectivity index (χ0v) is 6.67. The molecule has 11 heavy (non-hydrogen) atoms. The maximum Gasteiger partial charge on any atom is 0.309 e. The van der Waals surface area contributed by atoms with Gasteiger partial charge in [-0.05, 0) is 24.7 Å². The number of hydrogen-bond acceptors (Lipinski definition) is 2. The summed E-state index contributed by atoms with van der Waals surface area (Å²) in [5, 5.41) is 0. The molecule has 0 radical (unpaired) electrons. The molecular formula is C9H12O2. The van der Waals surface area contributed by atoms with Crippen molar-refractivity contribution in [1.29, 1.82) is 0 Å². The van der Waals surface area contributed by atoms with Crippen molar-refractivity contribution in [2.75, 3.05) is 7.11 Å². The second-order valence-corrected chi connectivity index (χ2v) is 3.51. The normalized spacial score (nSPS) is 40.1. The number of carbonyl (C=O) groups excluding carboxylic acids is 1. The highest BCUT2D eigenvalue weighted by Gasteiger charge is 2.53. The van der Waals surface area contributed by atoms with Crippen LogP contribution in [-0.4, -0.2) is 13.1 Å². The van der Waals surface area contributed by atoms with Gasteiger partial charge in [0.2, 0.25) is 0 Å². The first-order valence-corrected chi connectivity index (χ1v) is 3.99. The molecule has 3 aliphatic rings. The molecule has 0 aromatic rings. The second-order valence-electron chi connectivity index (χ2n) is 3.51. The summed E-state index contributed by atoms with van der Waals surface area (Å²) >= 11 is 0. The summed E-state index contributed by atoms with van der Waals surface area (Å²) in [6, 6.07) is 0. The first-order valence-electron chi connectivity index (χ1n) is 3.99. The van der Waals surface area contributed by atoms with E-state index in [9.17, 15) is 4.79 Å². The molecule has 60 valence electrons. The Morgan fingerprint density at radius 3 is 2.82 bits per heavy atom. The van der Waals surface area contributed by atoms with Gasteiger partial charge in [-0.15, -0.1) is 0 Å². The van der Waals surface area contributed by atoms with Crippen LogP contribution >= 0.6 is 0 Å². The Morgan fingerprint density at radius 2 is 2.45 bits per heavy atom. The van der Waals surface area contributed by atoms with E-state index < -0.39 is 0 Å². The molecule has 3 rings (SSSR count). The SMILES string of the molecule is C=C1C[C@@H]2C[C@H]1[C@H]2C(=O)OC. The van der Waals surface area contributed by atoms with Crippen LogP contribution in [0, 0.1) is 17.8 Å². The highest BCUT2D eigenvalue weighted by molar-refractivity contribution is 5.75. The number of esters is 1. The van der Waals surface area contributed by atoms with E-state index in [0.29, 0.717) is 11.8 Å². The fraction of sp³-hybridized carbons (Fsp3) is 0.667. The Labute approximate surface area is 66.2 Å². The summed E-state index contributed by atoms with van der Waals surface area (Å²) in [5.41, 5.74) is 1.26. The lowest BCUT2D eigenvalue weighted by atomic mass is 9.72. The molecule has 2 heteroatoms. The molecule has 0 saturated heterocycles. The van der Waals surface area contributed by atoms with Crippen molar-refractivity contribution in [3.63, 3.8) is 0 Å². The van der Waals surface area contributed by atoms with Crippen molar-refractivity contribution in [1.82, 2.24) is 0 Å². The van der Waals surface area contributed by atoms with Gasteiger partial charge in [-0.3, -0.25) is 4.79 Å². The van der Waals surface area contributed by atoms with Crippen LogP contribution in [-0.2, 0) is 9.53 Å². The van der Waals surface area contributed by atoms with Gasteiger partial charge in [0.15, 0.2) is 0 Å². The lowest BCUT2D eigenvalue weighted by molar-refractivity contribution is -0.152. The minimum absolute atomic E-state index is 0.0371. The Balaban J connectivity index is 2.10. The fourth-order valence-corrected chi connectivity index (χ4v) is 2.36. The maximum atomic E-state index is 11.1. The van der Waals surface area contributed by atoms with Crippen molar-refractivity contribution in [3.05, 3.63) is 12.2 Å². The quantitative estimate of drug-likeness (QED) is 0.419. The Hall–Kier alpha value is -0.790. The maximum absolute atomic E-state index is 11.1. The van der Waals surface area contributed by atoms with Crippen LogP contribution in [0.25, 0.3) is 0 Å². The first-order chi connectivity index (χ1) is 5.24. The van der Waals surface area contributed by atoms with Gasteiger partial charge in [0.25, 0.3) is 0 Å². The predicted octanol–water partition coefficient (Wildman–Crippen LogP) is 1.37. The van der Waals surface area contributed by atoms with Crippen LogP contribution in [0.4, 0.5) is 0 Å². The summed E-state index contributed by atoms with van der Waals surface area (Å²) in [7, 11) is 1.46. The molecule has 0 N–H and O–H groups in total. The molecule has 2 nitrogen and oxygen atoms in total. The van der Waals surface area contributed by atoms with Crippen LogP contribution in [0.15, 0.2) is 12.2 Å². The van der Waals surface area contributed by atoms with Crippen LogP contribution < -0.4 is 0 Å². The van der Waals surface area contributed by atoms with Crippen LogP contribution in [0.5, 0.6) is 0 Å². The molecule has 3 saturated carbocycles. The minimum Gasteiger partial charge on any atom is -0.469 e. The van der Waals surface area contributed by atoms with E-state index in [2.05, 4.69) is 6.58 Å². The molecule has 0 aromatic heterocycles. The standard InChI is InChI=1S/C9H12O2/c1-5-3-6-4-7(5)8(6)9(10)11-2/h6-8H,1,3-4H2,2H3/t6-,7-,8+/m1/s1. The molecule has 0 spiro atoms. The van der Waals surface area contributed by atoms with Gasteiger partial charge in [-0.2, -0.15) is 0 Å². The topological polar surface area (TPSA) is 26.3 Å². The van der Waals surface area contributed by atoms with E-state index in [0.717, 1.165) is 6.42 Å². The van der Waals surface area contributed by atoms with E-state index in [-0.39, 0.29) is 11.9 Å². The van der Waals surface area contributed by atoms with E-state index in [1.807, 2.05) is 0 Å². The van der Waals surface area contributed by atoms with Crippen molar-refractivity contribution in [3.8, 4) is 0 Å². The molecule has 2 bridgehead atoms. The zero-order valence-electron chi connectivity index (χ0n) is 6.67. The molecule has 0 aromatic carbocycles. The molecule has 0 aliphatic heterocycles. The summed E-state index contributed by atoms with van der Waals surface area (Å²) < 4.78 is 4.70. The van der Waals surface area contributed by atoms with Gasteiger partial charge >= 0.3 is 5.97 Å². The minimum atomic E-state index is -0.0371. The number of allylic oxidation sites excluding steroid dienone is 1. The average Bonchev–Trinajstić information content (AvgIpc) is 2.43. The number of rotatable bonds is 1. The molecular weight excluding hydrogens is 140 g/mol. The molecule has 0 heterocycles. The van der Waals surface area contributed by atoms with E-state index in [1.165, 1.54) is 19.1 Å². The zero-order chi connectivity index (χ0) is 8.01. The van der Waals surface area contributed by atoms with Crippen molar-refractivity contribution < 1.29 is 9.53 Å². The smallest absolute Gasteiger partial charge is 0.309 e. The largest absolute Gasteiger partial charge is 0.469 e. The summed E-state index contributed by atoms with van der Waals surface area (Å²) in [6.07, 6.45) is 2.21. The molecule has 3 atom stereocenters. The van der Waals surface area contributed by atoms with Gasteiger partial charge in [0, 0.05) is 0 Å². The van der Waals surface area contributed by atoms with Crippen LogP contribution in [0.2, 0.25) is 0 Å². The van der Waals surface area contributed by atoms with Crippen LogP contribution in [0.3, 0.4) is 0 Å². The van der Waals surface area contributed by atoms with Gasteiger partial charge < -0.3 is 4.74 Å². The van der Waals surface area contributed by atoms with Crippen molar-refractivity contribution >= 4 is 5.97 Å². The fourth-order valence-electron chi connectivity index (χ4n) is 2.36. The van der Waals surface area contributed by atoms with Crippen LogP contribution in [0.1, 0.15) is 12.8 Å². The number of carbonyl (C=O) groups is 1. The van der Waals surface area contributed by atoms with Crippen molar-refractivity contribution in [2.24, 2.45) is 17.8 Å². The number of fused-ring (bicyclic) bond motifs is 1. The van der Waals surface area contributed by atoms with E-state index >= 15 is 0 Å². The lowest BCUT2D eigenvalue weighted by Crippen LogP contribution is -2.35. The average molecular weight is 152 g/mol. The third-order valence-electron chi connectivity index (χ3n) is 3.02. The Morgan fingerprint density at radius 1 is 1.73 bits per heavy atom. The van der Waals surface area contributed by atoms with Gasteiger partial charge in [0.1, 0.15) is 0 Å². The Kier molecular flexibility index (Phi) is 1.31. The highest BCUT2D eigenvalue weighted by atomic mass is 16.5. The summed E-state index contributed by atoms with van der Waals surface area (Å²) in [6.45, 7) is 3.94. The number of hydrogen-bond donors (Lipinski definition) is 0. The van der Waals surface area contributed by atoms with Gasteiger partial charge in [-0.25, -0.2) is 0 Å². The molecule has 0 unspecified atom stereocenters. The molecule has 0 amide bonds. The third-order valence-corrected chi connectivity index (χ3v) is 3.02. The number of ether oxygens (including phenoxy) is 1. The van der Waals surface area contributed by atoms with E-state index in [4.69, 9.17) is 4.74 Å². The summed E-state index contributed by atoms with van der Waals surface area (Å²) in [4.78, 5) is 11.1. The first kappa shape index (κ1) is 6.89. The molecule has 3 fully saturated rings. The predicted molar refractivity (Wildman–Crippen MR) is 40.9 cm³/mol. The van der Waals surface area contributed by atoms with E-state index in [1.54, 1.807) is 0 Å². The van der Waals surface area contributed by atoms with Gasteiger partial charge in [-0.1, -0.05) is 12.2 Å². The highest BCUT2D eigenvalue weighted by Crippen LogP contribution is 2.56. The van der Waals surface area contributed by atoms with Gasteiger partial charge in [0.05, 0.1) is 13.0 Å². The van der Waals surface area contributed by atoms with Crippen molar-refractivity contribution in [2.45, 2.75) is 12.8 Å². The second kappa shape index (κ2) is 2.10. The number of methoxy groups -OCH3 is 1.